The molecule has 1 aromatic carbocycles. The third kappa shape index (κ3) is 4.32. The van der Waals surface area contributed by atoms with E-state index < -0.39 is 0 Å². The number of hydrogen-bond donors (Lipinski definition) is 0. The zero-order chi connectivity index (χ0) is 15.8. The van der Waals surface area contributed by atoms with Gasteiger partial charge in [-0.3, -0.25) is 4.79 Å². The molecule has 1 amide bonds. The molecule has 2 aromatic rings. The summed E-state index contributed by atoms with van der Waals surface area (Å²) in [6.07, 6.45) is 1.65. The van der Waals surface area contributed by atoms with Gasteiger partial charge in [-0.05, 0) is 19.1 Å². The number of methoxy groups -OCH3 is 1. The minimum atomic E-state index is 0.0555. The van der Waals surface area contributed by atoms with Crippen LogP contribution in [0.25, 0.3) is 0 Å². The summed E-state index contributed by atoms with van der Waals surface area (Å²) < 4.78 is 6.94. The van der Waals surface area contributed by atoms with Crippen molar-refractivity contribution in [2.75, 3.05) is 30.9 Å². The number of thioether (sulfide) groups is 1. The van der Waals surface area contributed by atoms with E-state index in [9.17, 15) is 4.79 Å². The third-order valence-corrected chi connectivity index (χ3v) is 4.09. The highest BCUT2D eigenvalue weighted by molar-refractivity contribution is 7.99. The van der Waals surface area contributed by atoms with Crippen molar-refractivity contribution in [3.8, 4) is 0 Å². The number of nitrogens with zero attached hydrogens (tertiary/aromatic N) is 4. The molecule has 0 aliphatic heterocycles. The van der Waals surface area contributed by atoms with Crippen LogP contribution in [0.3, 0.4) is 0 Å². The molecule has 0 fully saturated rings. The summed E-state index contributed by atoms with van der Waals surface area (Å²) >= 11 is 1.39. The SMILES string of the molecule is CCN(C(=O)CSc1nncn1CCOC)c1ccccc1. The van der Waals surface area contributed by atoms with Gasteiger partial charge in [0, 0.05) is 25.9 Å². The van der Waals surface area contributed by atoms with Crippen LogP contribution >= 0.6 is 11.8 Å². The minimum absolute atomic E-state index is 0.0555. The summed E-state index contributed by atoms with van der Waals surface area (Å²) in [5.41, 5.74) is 0.913. The van der Waals surface area contributed by atoms with Crippen LogP contribution in [0, 0.1) is 0 Å². The topological polar surface area (TPSA) is 60.2 Å². The Kier molecular flexibility index (Phi) is 6.42. The number of carbonyl (C=O) groups is 1. The van der Waals surface area contributed by atoms with Crippen molar-refractivity contribution in [2.24, 2.45) is 0 Å². The molecule has 118 valence electrons. The number of benzene rings is 1. The summed E-state index contributed by atoms with van der Waals surface area (Å²) in [5, 5.41) is 8.67. The van der Waals surface area contributed by atoms with Gasteiger partial charge in [0.1, 0.15) is 6.33 Å². The van der Waals surface area contributed by atoms with E-state index >= 15 is 0 Å². The van der Waals surface area contributed by atoms with E-state index in [1.807, 2.05) is 41.8 Å². The van der Waals surface area contributed by atoms with E-state index in [2.05, 4.69) is 10.2 Å². The molecule has 6 nitrogen and oxygen atoms in total. The third-order valence-electron chi connectivity index (χ3n) is 3.13. The first-order valence-electron chi connectivity index (χ1n) is 7.11. The van der Waals surface area contributed by atoms with E-state index in [4.69, 9.17) is 4.74 Å². The standard InChI is InChI=1S/C15H20N4O2S/c1-3-19(13-7-5-4-6-8-13)14(20)11-22-15-17-16-12-18(15)9-10-21-2/h4-8,12H,3,9-11H2,1-2H3. The summed E-state index contributed by atoms with van der Waals surface area (Å²) in [5.74, 6) is 0.383. The summed E-state index contributed by atoms with van der Waals surface area (Å²) in [6.45, 7) is 3.87. The lowest BCUT2D eigenvalue weighted by Crippen LogP contribution is -2.32. The molecule has 0 saturated carbocycles. The summed E-state index contributed by atoms with van der Waals surface area (Å²) in [7, 11) is 1.65. The molecule has 0 bridgehead atoms. The van der Waals surface area contributed by atoms with Crippen molar-refractivity contribution in [3.05, 3.63) is 36.7 Å². The minimum Gasteiger partial charge on any atom is -0.383 e. The first-order valence-corrected chi connectivity index (χ1v) is 8.09. The maximum absolute atomic E-state index is 12.4. The molecule has 22 heavy (non-hydrogen) atoms. The van der Waals surface area contributed by atoms with Crippen LogP contribution in [-0.4, -0.2) is 46.7 Å². The smallest absolute Gasteiger partial charge is 0.237 e. The van der Waals surface area contributed by atoms with Crippen molar-refractivity contribution in [1.82, 2.24) is 14.8 Å². The highest BCUT2D eigenvalue weighted by Crippen LogP contribution is 2.18. The number of amides is 1. The van der Waals surface area contributed by atoms with Gasteiger partial charge in [-0.15, -0.1) is 10.2 Å². The molecule has 0 aliphatic carbocycles. The van der Waals surface area contributed by atoms with Gasteiger partial charge in [0.2, 0.25) is 5.91 Å². The van der Waals surface area contributed by atoms with E-state index in [1.54, 1.807) is 18.3 Å². The molecule has 2 rings (SSSR count). The van der Waals surface area contributed by atoms with E-state index in [0.717, 1.165) is 10.8 Å². The lowest BCUT2D eigenvalue weighted by molar-refractivity contribution is -0.116. The molecule has 0 atom stereocenters. The van der Waals surface area contributed by atoms with Gasteiger partial charge in [-0.25, -0.2) is 0 Å². The number of ether oxygens (including phenoxy) is 1. The fraction of sp³-hybridized carbons (Fsp3) is 0.400. The quantitative estimate of drug-likeness (QED) is 0.697. The molecule has 0 spiro atoms. The molecule has 0 aliphatic rings. The fourth-order valence-electron chi connectivity index (χ4n) is 2.01. The number of hydrogen-bond acceptors (Lipinski definition) is 5. The van der Waals surface area contributed by atoms with Crippen molar-refractivity contribution >= 4 is 23.4 Å². The molecule has 1 heterocycles. The van der Waals surface area contributed by atoms with Gasteiger partial charge < -0.3 is 14.2 Å². The Morgan fingerprint density at radius 3 is 2.82 bits per heavy atom. The van der Waals surface area contributed by atoms with E-state index in [0.29, 0.717) is 25.4 Å². The van der Waals surface area contributed by atoms with Crippen molar-refractivity contribution in [2.45, 2.75) is 18.6 Å². The zero-order valence-corrected chi connectivity index (χ0v) is 13.6. The van der Waals surface area contributed by atoms with Gasteiger partial charge in [-0.1, -0.05) is 30.0 Å². The average molecular weight is 320 g/mol. The molecule has 7 heteroatoms. The molecular formula is C15H20N4O2S. The van der Waals surface area contributed by atoms with Crippen LogP contribution < -0.4 is 4.90 Å². The number of carbonyl (C=O) groups excluding carboxylic acids is 1. The molecule has 0 radical (unpaired) electrons. The van der Waals surface area contributed by atoms with Crippen LogP contribution in [0.15, 0.2) is 41.8 Å². The molecule has 0 saturated heterocycles. The second-order valence-electron chi connectivity index (χ2n) is 4.56. The normalized spacial score (nSPS) is 10.6. The van der Waals surface area contributed by atoms with E-state index in [-0.39, 0.29) is 5.91 Å². The lowest BCUT2D eigenvalue weighted by Gasteiger charge is -2.20. The van der Waals surface area contributed by atoms with Gasteiger partial charge in [0.05, 0.1) is 12.4 Å². The Balaban J connectivity index is 1.96. The number of anilines is 1. The highest BCUT2D eigenvalue weighted by Gasteiger charge is 2.15. The molecule has 0 N–H and O–H groups in total. The fourth-order valence-corrected chi connectivity index (χ4v) is 2.83. The Bertz CT molecular complexity index is 588. The van der Waals surface area contributed by atoms with Gasteiger partial charge in [0.25, 0.3) is 0 Å². The largest absolute Gasteiger partial charge is 0.383 e. The monoisotopic (exact) mass is 320 g/mol. The van der Waals surface area contributed by atoms with E-state index in [1.165, 1.54) is 11.8 Å². The van der Waals surface area contributed by atoms with Crippen molar-refractivity contribution in [1.29, 1.82) is 0 Å². The highest BCUT2D eigenvalue weighted by atomic mass is 32.2. The van der Waals surface area contributed by atoms with Crippen molar-refractivity contribution in [3.63, 3.8) is 0 Å². The van der Waals surface area contributed by atoms with Gasteiger partial charge >= 0.3 is 0 Å². The predicted octanol–water partition coefficient (Wildman–Crippen LogP) is 2.07. The summed E-state index contributed by atoms with van der Waals surface area (Å²) in [6, 6.07) is 9.68. The van der Waals surface area contributed by atoms with Crippen LogP contribution in [0.1, 0.15) is 6.92 Å². The summed E-state index contributed by atoms with van der Waals surface area (Å²) in [4.78, 5) is 14.2. The number of rotatable bonds is 8. The van der Waals surface area contributed by atoms with Gasteiger partial charge in [0.15, 0.2) is 5.16 Å². The maximum Gasteiger partial charge on any atom is 0.237 e. The Morgan fingerprint density at radius 1 is 1.36 bits per heavy atom. The first-order chi connectivity index (χ1) is 10.8. The molecule has 1 aromatic heterocycles. The van der Waals surface area contributed by atoms with Crippen LogP contribution in [0.5, 0.6) is 0 Å². The first kappa shape index (κ1) is 16.5. The molecule has 0 unspecified atom stereocenters. The van der Waals surface area contributed by atoms with Gasteiger partial charge in [-0.2, -0.15) is 0 Å². The Morgan fingerprint density at radius 2 is 2.14 bits per heavy atom. The zero-order valence-electron chi connectivity index (χ0n) is 12.8. The average Bonchev–Trinajstić information content (AvgIpc) is 3.00. The maximum atomic E-state index is 12.4. The lowest BCUT2D eigenvalue weighted by atomic mass is 10.3. The second-order valence-corrected chi connectivity index (χ2v) is 5.50. The predicted molar refractivity (Wildman–Crippen MR) is 87.1 cm³/mol. The van der Waals surface area contributed by atoms with Crippen LogP contribution in [0.4, 0.5) is 5.69 Å². The Hall–Kier alpha value is -1.86. The number of aromatic nitrogens is 3. The Labute approximate surface area is 134 Å². The van der Waals surface area contributed by atoms with Crippen LogP contribution in [0.2, 0.25) is 0 Å². The second kappa shape index (κ2) is 8.55. The van der Waals surface area contributed by atoms with Crippen LogP contribution in [-0.2, 0) is 16.1 Å². The molecular weight excluding hydrogens is 300 g/mol. The number of para-hydroxylation sites is 1. The van der Waals surface area contributed by atoms with Crippen molar-refractivity contribution < 1.29 is 9.53 Å².